The number of hydrogen-bond donors (Lipinski definition) is 1. The Morgan fingerprint density at radius 3 is 2.86 bits per heavy atom. The maximum atomic E-state index is 5.83. The van der Waals surface area contributed by atoms with Gasteiger partial charge in [-0.3, -0.25) is 0 Å². The highest BCUT2D eigenvalue weighted by atomic mass is 14.5. The number of allylic oxidation sites excluding steroid dienone is 2. The fourth-order valence-electron chi connectivity index (χ4n) is 2.75. The van der Waals surface area contributed by atoms with Crippen molar-refractivity contribution in [2.24, 2.45) is 0 Å². The number of anilines is 1. The Morgan fingerprint density at radius 1 is 1.07 bits per heavy atom. The molecule has 0 fully saturated rings. The van der Waals surface area contributed by atoms with Gasteiger partial charge in [0.15, 0.2) is 0 Å². The minimum atomic E-state index is 0.906. The highest BCUT2D eigenvalue weighted by Gasteiger charge is 2.23. The average Bonchev–Trinajstić information content (AvgIpc) is 2.56. The Morgan fingerprint density at radius 2 is 1.93 bits per heavy atom. The molecule has 0 bridgehead atoms. The van der Waals surface area contributed by atoms with E-state index in [4.69, 9.17) is 5.73 Å². The molecule has 0 aromatic heterocycles. The maximum absolute atomic E-state index is 5.83. The first-order chi connectivity index (χ1) is 6.84. The molecule has 1 heteroatoms. The SMILES string of the molecule is Nc1ccc2c(c1)C1=C(CCCC1)C2. The van der Waals surface area contributed by atoms with Gasteiger partial charge >= 0.3 is 0 Å². The molecule has 0 radical (unpaired) electrons. The van der Waals surface area contributed by atoms with Gasteiger partial charge in [-0.15, -0.1) is 0 Å². The van der Waals surface area contributed by atoms with Crippen molar-refractivity contribution in [1.82, 2.24) is 0 Å². The second-order valence-electron chi connectivity index (χ2n) is 4.38. The highest BCUT2D eigenvalue weighted by Crippen LogP contribution is 2.41. The van der Waals surface area contributed by atoms with Gasteiger partial charge < -0.3 is 5.73 Å². The van der Waals surface area contributed by atoms with Crippen LogP contribution in [0.1, 0.15) is 36.8 Å². The van der Waals surface area contributed by atoms with E-state index in [2.05, 4.69) is 12.1 Å². The minimum Gasteiger partial charge on any atom is -0.399 e. The summed E-state index contributed by atoms with van der Waals surface area (Å²) in [6, 6.07) is 6.38. The van der Waals surface area contributed by atoms with Crippen LogP contribution in [-0.4, -0.2) is 0 Å². The molecule has 72 valence electrons. The smallest absolute Gasteiger partial charge is 0.0320 e. The van der Waals surface area contributed by atoms with Gasteiger partial charge in [0.2, 0.25) is 0 Å². The first-order valence-electron chi connectivity index (χ1n) is 5.44. The zero-order valence-electron chi connectivity index (χ0n) is 8.34. The number of nitrogens with two attached hydrogens (primary N) is 1. The molecule has 0 saturated carbocycles. The zero-order valence-corrected chi connectivity index (χ0v) is 8.34. The summed E-state index contributed by atoms with van der Waals surface area (Å²) in [6.07, 6.45) is 6.50. The molecule has 1 aromatic rings. The Hall–Kier alpha value is -1.24. The first kappa shape index (κ1) is 8.10. The summed E-state index contributed by atoms with van der Waals surface area (Å²) in [5.41, 5.74) is 13.0. The van der Waals surface area contributed by atoms with Crippen molar-refractivity contribution in [2.75, 3.05) is 5.73 Å². The normalized spacial score (nSPS) is 19.4. The summed E-state index contributed by atoms with van der Waals surface area (Å²) in [5, 5.41) is 0. The quantitative estimate of drug-likeness (QED) is 0.617. The lowest BCUT2D eigenvalue weighted by Gasteiger charge is -2.14. The van der Waals surface area contributed by atoms with E-state index in [1.54, 1.807) is 11.1 Å². The zero-order chi connectivity index (χ0) is 9.54. The average molecular weight is 185 g/mol. The van der Waals surface area contributed by atoms with Crippen molar-refractivity contribution in [2.45, 2.75) is 32.1 Å². The number of fused-ring (bicyclic) bond motifs is 2. The van der Waals surface area contributed by atoms with Crippen LogP contribution < -0.4 is 5.73 Å². The Labute approximate surface area is 84.6 Å². The van der Waals surface area contributed by atoms with Crippen molar-refractivity contribution in [1.29, 1.82) is 0 Å². The van der Waals surface area contributed by atoms with Gasteiger partial charge in [0.1, 0.15) is 0 Å². The van der Waals surface area contributed by atoms with Crippen molar-refractivity contribution in [3.05, 3.63) is 34.9 Å². The van der Waals surface area contributed by atoms with E-state index in [0.29, 0.717) is 0 Å². The molecule has 0 heterocycles. The van der Waals surface area contributed by atoms with E-state index < -0.39 is 0 Å². The molecule has 0 unspecified atom stereocenters. The predicted molar refractivity (Wildman–Crippen MR) is 59.9 cm³/mol. The molecule has 1 nitrogen and oxygen atoms in total. The van der Waals surface area contributed by atoms with Gasteiger partial charge in [-0.25, -0.2) is 0 Å². The molecule has 2 aliphatic carbocycles. The van der Waals surface area contributed by atoms with Gasteiger partial charge in [-0.1, -0.05) is 11.6 Å². The van der Waals surface area contributed by atoms with Crippen molar-refractivity contribution >= 4 is 11.3 Å². The van der Waals surface area contributed by atoms with Crippen molar-refractivity contribution in [3.63, 3.8) is 0 Å². The van der Waals surface area contributed by atoms with Crippen LogP contribution >= 0.6 is 0 Å². The van der Waals surface area contributed by atoms with Gasteiger partial charge in [-0.2, -0.15) is 0 Å². The van der Waals surface area contributed by atoms with Crippen LogP contribution in [0.15, 0.2) is 23.8 Å². The Kier molecular flexibility index (Phi) is 1.66. The molecule has 0 spiro atoms. The van der Waals surface area contributed by atoms with Crippen LogP contribution in [0.2, 0.25) is 0 Å². The fraction of sp³-hybridized carbons (Fsp3) is 0.385. The number of rotatable bonds is 0. The van der Waals surface area contributed by atoms with Crippen LogP contribution in [0.3, 0.4) is 0 Å². The third-order valence-electron chi connectivity index (χ3n) is 3.44. The number of hydrogen-bond acceptors (Lipinski definition) is 1. The second-order valence-corrected chi connectivity index (χ2v) is 4.38. The minimum absolute atomic E-state index is 0.906. The monoisotopic (exact) mass is 185 g/mol. The molecule has 1 aromatic carbocycles. The molecule has 0 amide bonds. The van der Waals surface area contributed by atoms with Crippen molar-refractivity contribution in [3.8, 4) is 0 Å². The number of benzene rings is 1. The van der Waals surface area contributed by atoms with Gasteiger partial charge in [0, 0.05) is 5.69 Å². The molecule has 0 saturated heterocycles. The lowest BCUT2D eigenvalue weighted by atomic mass is 9.92. The predicted octanol–water partition coefficient (Wildman–Crippen LogP) is 3.15. The summed E-state index contributed by atoms with van der Waals surface area (Å²) in [5.74, 6) is 0. The van der Waals surface area contributed by atoms with Gasteiger partial charge in [-0.05, 0) is 60.9 Å². The van der Waals surface area contributed by atoms with E-state index in [-0.39, 0.29) is 0 Å². The molecule has 2 N–H and O–H groups in total. The van der Waals surface area contributed by atoms with Crippen LogP contribution in [0.4, 0.5) is 5.69 Å². The third-order valence-corrected chi connectivity index (χ3v) is 3.44. The van der Waals surface area contributed by atoms with Crippen LogP contribution in [0, 0.1) is 0 Å². The Bertz CT molecular complexity index is 415. The molecular formula is C13H15N. The second kappa shape index (κ2) is 2.88. The van der Waals surface area contributed by atoms with E-state index in [0.717, 1.165) is 5.69 Å². The van der Waals surface area contributed by atoms with E-state index in [9.17, 15) is 0 Å². The van der Waals surface area contributed by atoms with Crippen LogP contribution in [-0.2, 0) is 6.42 Å². The molecule has 0 atom stereocenters. The molecule has 14 heavy (non-hydrogen) atoms. The summed E-state index contributed by atoms with van der Waals surface area (Å²) >= 11 is 0. The molecular weight excluding hydrogens is 170 g/mol. The summed E-state index contributed by atoms with van der Waals surface area (Å²) in [6.45, 7) is 0. The topological polar surface area (TPSA) is 26.0 Å². The lowest BCUT2D eigenvalue weighted by Crippen LogP contribution is -1.94. The largest absolute Gasteiger partial charge is 0.399 e. The molecule has 0 aliphatic heterocycles. The highest BCUT2D eigenvalue weighted by molar-refractivity contribution is 5.78. The molecule has 2 aliphatic rings. The van der Waals surface area contributed by atoms with Crippen molar-refractivity contribution < 1.29 is 0 Å². The third kappa shape index (κ3) is 1.08. The first-order valence-corrected chi connectivity index (χ1v) is 5.44. The molecule has 3 rings (SSSR count). The van der Waals surface area contributed by atoms with Crippen LogP contribution in [0.25, 0.3) is 5.57 Å². The maximum Gasteiger partial charge on any atom is 0.0320 e. The van der Waals surface area contributed by atoms with E-state index in [1.807, 2.05) is 6.07 Å². The van der Waals surface area contributed by atoms with Crippen LogP contribution in [0.5, 0.6) is 0 Å². The van der Waals surface area contributed by atoms with Gasteiger partial charge in [0.05, 0.1) is 0 Å². The summed E-state index contributed by atoms with van der Waals surface area (Å²) in [4.78, 5) is 0. The lowest BCUT2D eigenvalue weighted by molar-refractivity contribution is 0.711. The summed E-state index contributed by atoms with van der Waals surface area (Å²) in [7, 11) is 0. The standard InChI is InChI=1S/C13H15N/c14-11-6-5-10-7-9-3-1-2-4-12(9)13(10)8-11/h5-6,8H,1-4,7,14H2. The van der Waals surface area contributed by atoms with E-state index >= 15 is 0 Å². The number of nitrogen functional groups attached to an aromatic ring is 1. The van der Waals surface area contributed by atoms with E-state index in [1.165, 1.54) is 43.2 Å². The van der Waals surface area contributed by atoms with Gasteiger partial charge in [0.25, 0.3) is 0 Å². The fourth-order valence-corrected chi connectivity index (χ4v) is 2.75. The summed E-state index contributed by atoms with van der Waals surface area (Å²) < 4.78 is 0. The Balaban J connectivity index is 2.12.